The van der Waals surface area contributed by atoms with Gasteiger partial charge in [-0.2, -0.15) is 0 Å². The Kier molecular flexibility index (Phi) is 3.22. The summed E-state index contributed by atoms with van der Waals surface area (Å²) in [6.07, 6.45) is 3.52. The number of aromatic nitrogens is 1. The standard InChI is InChI=1S/C13H17NO2/c1-9-7-12(16-2)8-11(14-9)5-6-13(15)10-3-4-10/h7-8,10H,3-6H2,1-2H3. The minimum atomic E-state index is 0.353. The Morgan fingerprint density at radius 1 is 1.50 bits per heavy atom. The van der Waals surface area contributed by atoms with Gasteiger partial charge in [0, 0.05) is 35.9 Å². The summed E-state index contributed by atoms with van der Waals surface area (Å²) in [6, 6.07) is 3.80. The lowest BCUT2D eigenvalue weighted by atomic mass is 10.1. The van der Waals surface area contributed by atoms with Crippen molar-refractivity contribution in [3.63, 3.8) is 0 Å². The predicted molar refractivity (Wildman–Crippen MR) is 61.6 cm³/mol. The summed E-state index contributed by atoms with van der Waals surface area (Å²) in [4.78, 5) is 16.0. The van der Waals surface area contributed by atoms with E-state index in [1.165, 1.54) is 0 Å². The number of hydrogen-bond donors (Lipinski definition) is 0. The number of pyridine rings is 1. The van der Waals surface area contributed by atoms with Crippen molar-refractivity contribution in [3.8, 4) is 5.75 Å². The van der Waals surface area contributed by atoms with Crippen LogP contribution in [0, 0.1) is 12.8 Å². The summed E-state index contributed by atoms with van der Waals surface area (Å²) in [7, 11) is 1.65. The molecule has 16 heavy (non-hydrogen) atoms. The number of rotatable bonds is 5. The lowest BCUT2D eigenvalue weighted by molar-refractivity contribution is -0.120. The number of carbonyl (C=O) groups excluding carboxylic acids is 1. The molecular formula is C13H17NO2. The van der Waals surface area contributed by atoms with Gasteiger partial charge < -0.3 is 4.74 Å². The quantitative estimate of drug-likeness (QED) is 0.762. The van der Waals surface area contributed by atoms with E-state index in [-0.39, 0.29) is 0 Å². The molecule has 1 aromatic rings. The third kappa shape index (κ3) is 2.81. The van der Waals surface area contributed by atoms with Crippen LogP contribution in [0.2, 0.25) is 0 Å². The molecule has 1 aliphatic rings. The first kappa shape index (κ1) is 11.1. The molecule has 0 aromatic carbocycles. The molecule has 0 radical (unpaired) electrons. The number of aryl methyl sites for hydroxylation is 2. The van der Waals surface area contributed by atoms with Crippen molar-refractivity contribution in [3.05, 3.63) is 23.5 Å². The van der Waals surface area contributed by atoms with Crippen LogP contribution in [-0.4, -0.2) is 17.9 Å². The Morgan fingerprint density at radius 2 is 2.25 bits per heavy atom. The van der Waals surface area contributed by atoms with Gasteiger partial charge >= 0.3 is 0 Å². The molecule has 0 aliphatic heterocycles. The fourth-order valence-electron chi connectivity index (χ4n) is 1.81. The lowest BCUT2D eigenvalue weighted by Gasteiger charge is -2.05. The maximum absolute atomic E-state index is 11.6. The van der Waals surface area contributed by atoms with Gasteiger partial charge in [-0.05, 0) is 26.2 Å². The van der Waals surface area contributed by atoms with E-state index in [1.807, 2.05) is 19.1 Å². The van der Waals surface area contributed by atoms with Gasteiger partial charge in [-0.15, -0.1) is 0 Å². The molecule has 0 atom stereocenters. The number of Topliss-reactive ketones (excluding diaryl/α,β-unsaturated/α-hetero) is 1. The monoisotopic (exact) mass is 219 g/mol. The molecule has 0 amide bonds. The summed E-state index contributed by atoms with van der Waals surface area (Å²) in [5, 5.41) is 0. The van der Waals surface area contributed by atoms with Crippen molar-refractivity contribution in [1.82, 2.24) is 4.98 Å². The summed E-state index contributed by atoms with van der Waals surface area (Å²) in [6.45, 7) is 1.94. The molecule has 0 saturated heterocycles. The summed E-state index contributed by atoms with van der Waals surface area (Å²) in [5.41, 5.74) is 1.89. The third-order valence-electron chi connectivity index (χ3n) is 2.88. The molecule has 0 N–H and O–H groups in total. The minimum Gasteiger partial charge on any atom is -0.497 e. The molecule has 0 spiro atoms. The molecule has 3 nitrogen and oxygen atoms in total. The van der Waals surface area contributed by atoms with Crippen LogP contribution in [-0.2, 0) is 11.2 Å². The maximum atomic E-state index is 11.6. The first-order chi connectivity index (χ1) is 7.69. The number of ketones is 1. The van der Waals surface area contributed by atoms with Crippen molar-refractivity contribution in [2.24, 2.45) is 5.92 Å². The summed E-state index contributed by atoms with van der Waals surface area (Å²) in [5.74, 6) is 1.57. The van der Waals surface area contributed by atoms with E-state index in [0.717, 1.165) is 36.4 Å². The van der Waals surface area contributed by atoms with E-state index in [2.05, 4.69) is 4.98 Å². The highest BCUT2D eigenvalue weighted by molar-refractivity contribution is 5.83. The van der Waals surface area contributed by atoms with Crippen LogP contribution in [0.5, 0.6) is 5.75 Å². The van der Waals surface area contributed by atoms with Crippen molar-refractivity contribution >= 4 is 5.78 Å². The lowest BCUT2D eigenvalue weighted by Crippen LogP contribution is -2.04. The summed E-state index contributed by atoms with van der Waals surface area (Å²) < 4.78 is 5.18. The van der Waals surface area contributed by atoms with Crippen molar-refractivity contribution < 1.29 is 9.53 Å². The molecule has 1 aromatic heterocycles. The van der Waals surface area contributed by atoms with Gasteiger partial charge in [0.25, 0.3) is 0 Å². The molecule has 3 heteroatoms. The zero-order valence-corrected chi connectivity index (χ0v) is 9.82. The van der Waals surface area contributed by atoms with Crippen LogP contribution in [0.3, 0.4) is 0 Å². The molecule has 2 rings (SSSR count). The molecule has 1 heterocycles. The van der Waals surface area contributed by atoms with Crippen LogP contribution < -0.4 is 4.74 Å². The van der Waals surface area contributed by atoms with Crippen molar-refractivity contribution in [2.75, 3.05) is 7.11 Å². The van der Waals surface area contributed by atoms with Gasteiger partial charge in [0.05, 0.1) is 7.11 Å². The fraction of sp³-hybridized carbons (Fsp3) is 0.538. The average Bonchev–Trinajstić information content (AvgIpc) is 3.08. The molecule has 86 valence electrons. The van der Waals surface area contributed by atoms with Crippen molar-refractivity contribution in [1.29, 1.82) is 0 Å². The van der Waals surface area contributed by atoms with Gasteiger partial charge in [0.15, 0.2) is 0 Å². The fourth-order valence-corrected chi connectivity index (χ4v) is 1.81. The van der Waals surface area contributed by atoms with E-state index in [4.69, 9.17) is 4.74 Å². The Morgan fingerprint density at radius 3 is 2.88 bits per heavy atom. The number of carbonyl (C=O) groups is 1. The third-order valence-corrected chi connectivity index (χ3v) is 2.88. The number of nitrogens with zero attached hydrogens (tertiary/aromatic N) is 1. The van der Waals surface area contributed by atoms with Crippen molar-refractivity contribution in [2.45, 2.75) is 32.6 Å². The van der Waals surface area contributed by atoms with Gasteiger partial charge in [-0.3, -0.25) is 9.78 Å². The largest absolute Gasteiger partial charge is 0.497 e. The Bertz CT molecular complexity index is 397. The molecular weight excluding hydrogens is 202 g/mol. The van der Waals surface area contributed by atoms with Gasteiger partial charge in [-0.1, -0.05) is 0 Å². The minimum absolute atomic E-state index is 0.353. The highest BCUT2D eigenvalue weighted by atomic mass is 16.5. The Hall–Kier alpha value is -1.38. The van der Waals surface area contributed by atoms with E-state index in [1.54, 1.807) is 7.11 Å². The molecule has 1 fully saturated rings. The molecule has 1 saturated carbocycles. The highest BCUT2D eigenvalue weighted by Gasteiger charge is 2.28. The van der Waals surface area contributed by atoms with Gasteiger partial charge in [-0.25, -0.2) is 0 Å². The number of ether oxygens (including phenoxy) is 1. The zero-order valence-electron chi connectivity index (χ0n) is 9.82. The first-order valence-corrected chi connectivity index (χ1v) is 5.73. The maximum Gasteiger partial charge on any atom is 0.136 e. The number of methoxy groups -OCH3 is 1. The molecule has 0 bridgehead atoms. The molecule has 0 unspecified atom stereocenters. The highest BCUT2D eigenvalue weighted by Crippen LogP contribution is 2.31. The van der Waals surface area contributed by atoms with Gasteiger partial charge in [0.1, 0.15) is 11.5 Å². The SMILES string of the molecule is COc1cc(C)nc(CCC(=O)C2CC2)c1. The van der Waals surface area contributed by atoms with Gasteiger partial charge in [0.2, 0.25) is 0 Å². The second-order valence-electron chi connectivity index (χ2n) is 4.38. The topological polar surface area (TPSA) is 39.2 Å². The smallest absolute Gasteiger partial charge is 0.136 e. The van der Waals surface area contributed by atoms with E-state index >= 15 is 0 Å². The van der Waals surface area contributed by atoms with Crippen LogP contribution in [0.1, 0.15) is 30.7 Å². The Balaban J connectivity index is 1.97. The van der Waals surface area contributed by atoms with Crippen LogP contribution in [0.4, 0.5) is 0 Å². The van der Waals surface area contributed by atoms with Crippen LogP contribution >= 0.6 is 0 Å². The number of hydrogen-bond acceptors (Lipinski definition) is 3. The second-order valence-corrected chi connectivity index (χ2v) is 4.38. The zero-order chi connectivity index (χ0) is 11.5. The van der Waals surface area contributed by atoms with E-state index in [0.29, 0.717) is 18.1 Å². The summed E-state index contributed by atoms with van der Waals surface area (Å²) >= 11 is 0. The molecule has 1 aliphatic carbocycles. The normalized spacial score (nSPS) is 14.9. The van der Waals surface area contributed by atoms with Crippen LogP contribution in [0.15, 0.2) is 12.1 Å². The van der Waals surface area contributed by atoms with Crippen LogP contribution in [0.25, 0.3) is 0 Å². The predicted octanol–water partition coefficient (Wildman–Crippen LogP) is 2.31. The average molecular weight is 219 g/mol. The Labute approximate surface area is 95.8 Å². The second kappa shape index (κ2) is 4.64. The van der Waals surface area contributed by atoms with E-state index in [9.17, 15) is 4.79 Å². The first-order valence-electron chi connectivity index (χ1n) is 5.73. The van der Waals surface area contributed by atoms with E-state index < -0.39 is 0 Å².